The Balaban J connectivity index is 1.36. The molecule has 7 rings (SSSR count). The van der Waals surface area contributed by atoms with E-state index >= 15 is 8.78 Å². The van der Waals surface area contributed by atoms with Gasteiger partial charge in [-0.05, 0) is 42.5 Å². The van der Waals surface area contributed by atoms with Crippen LogP contribution in [0.2, 0.25) is 5.02 Å². The maximum absolute atomic E-state index is 16.8. The van der Waals surface area contributed by atoms with Gasteiger partial charge in [-0.2, -0.15) is 15.2 Å². The highest BCUT2D eigenvalue weighted by atomic mass is 35.5. The van der Waals surface area contributed by atoms with Crippen molar-refractivity contribution in [2.75, 3.05) is 44.2 Å². The highest BCUT2D eigenvalue weighted by Crippen LogP contribution is 2.43. The first-order chi connectivity index (χ1) is 23.5. The van der Waals surface area contributed by atoms with Crippen molar-refractivity contribution in [3.8, 4) is 23.2 Å². The van der Waals surface area contributed by atoms with Crippen LogP contribution < -0.4 is 9.64 Å². The van der Waals surface area contributed by atoms with Crippen LogP contribution >= 0.6 is 11.6 Å². The van der Waals surface area contributed by atoms with Gasteiger partial charge in [0, 0.05) is 43.4 Å². The number of carbonyl (C=O) groups is 1. The first kappa shape index (κ1) is 33.0. The van der Waals surface area contributed by atoms with Crippen molar-refractivity contribution < 1.29 is 31.5 Å². The molecule has 3 saturated heterocycles. The van der Waals surface area contributed by atoms with Crippen molar-refractivity contribution in [1.82, 2.24) is 19.8 Å². The Morgan fingerprint density at radius 3 is 2.71 bits per heavy atom. The third-order valence-corrected chi connectivity index (χ3v) is 10.2. The van der Waals surface area contributed by atoms with Crippen LogP contribution in [0.5, 0.6) is 6.01 Å². The summed E-state index contributed by atoms with van der Waals surface area (Å²) in [5, 5.41) is 9.74. The maximum Gasteiger partial charge on any atom is 0.319 e. The topological polar surface area (TPSA) is 85.6 Å². The molecule has 0 radical (unpaired) electrons. The fourth-order valence-corrected chi connectivity index (χ4v) is 7.90. The third-order valence-electron chi connectivity index (χ3n) is 9.88. The normalized spacial score (nSPS) is 22.5. The summed E-state index contributed by atoms with van der Waals surface area (Å²) in [6.45, 7) is 4.13. The van der Waals surface area contributed by atoms with Crippen molar-refractivity contribution in [2.24, 2.45) is 0 Å². The number of carbonyl (C=O) groups excluding carboxylic acids is 1. The van der Waals surface area contributed by atoms with E-state index in [1.807, 2.05) is 11.0 Å². The summed E-state index contributed by atoms with van der Waals surface area (Å²) in [7, 11) is 0. The van der Waals surface area contributed by atoms with Gasteiger partial charge in [-0.3, -0.25) is 9.69 Å². The second-order valence-electron chi connectivity index (χ2n) is 12.8. The average molecular weight is 697 g/mol. The zero-order valence-corrected chi connectivity index (χ0v) is 26.9. The second kappa shape index (κ2) is 12.7. The lowest BCUT2D eigenvalue weighted by Gasteiger charge is -2.41. The van der Waals surface area contributed by atoms with E-state index in [9.17, 15) is 23.2 Å². The van der Waals surface area contributed by atoms with Crippen LogP contribution in [0.1, 0.15) is 25.7 Å². The fourth-order valence-electron chi connectivity index (χ4n) is 7.63. The highest BCUT2D eigenvalue weighted by Gasteiger charge is 2.49. The van der Waals surface area contributed by atoms with Gasteiger partial charge in [0.25, 0.3) is 5.91 Å². The molecule has 0 aliphatic carbocycles. The molecule has 0 N–H and O–H groups in total. The van der Waals surface area contributed by atoms with Gasteiger partial charge in [0.15, 0.2) is 11.6 Å². The van der Waals surface area contributed by atoms with Gasteiger partial charge in [0.1, 0.15) is 35.7 Å². The van der Waals surface area contributed by atoms with Crippen LogP contribution in [0.15, 0.2) is 48.8 Å². The predicted molar refractivity (Wildman–Crippen MR) is 174 cm³/mol. The van der Waals surface area contributed by atoms with Gasteiger partial charge in [0.05, 0.1) is 34.7 Å². The zero-order chi connectivity index (χ0) is 34.6. The predicted octanol–water partition coefficient (Wildman–Crippen LogP) is 6.89. The molecule has 8 nitrogen and oxygen atoms in total. The average Bonchev–Trinajstić information content (AvgIpc) is 3.61. The molecular weight excluding hydrogens is 667 g/mol. The first-order valence-electron chi connectivity index (χ1n) is 15.9. The maximum atomic E-state index is 16.8. The molecule has 0 bridgehead atoms. The highest BCUT2D eigenvalue weighted by molar-refractivity contribution is 6.37. The van der Waals surface area contributed by atoms with Gasteiger partial charge >= 0.3 is 6.01 Å². The summed E-state index contributed by atoms with van der Waals surface area (Å²) < 4.78 is 82.1. The molecule has 4 aromatic rings. The van der Waals surface area contributed by atoms with Crippen molar-refractivity contribution in [3.05, 3.63) is 71.3 Å². The molecule has 3 aliphatic rings. The number of rotatable bonds is 7. The van der Waals surface area contributed by atoms with Gasteiger partial charge in [-0.25, -0.2) is 22.0 Å². The lowest BCUT2D eigenvalue weighted by molar-refractivity contribution is -0.131. The number of hydrogen-bond donors (Lipinski definition) is 0. The van der Waals surface area contributed by atoms with Gasteiger partial charge in [0.2, 0.25) is 0 Å². The molecule has 3 fully saturated rings. The number of nitrogens with zero attached hydrogens (tertiary/aromatic N) is 6. The largest absolute Gasteiger partial charge is 0.461 e. The smallest absolute Gasteiger partial charge is 0.319 e. The Hall–Kier alpha value is -4.54. The summed E-state index contributed by atoms with van der Waals surface area (Å²) in [5.74, 6) is -4.88. The molecule has 0 saturated carbocycles. The number of alkyl halides is 1. The molecule has 0 unspecified atom stereocenters. The summed E-state index contributed by atoms with van der Waals surface area (Å²) in [5.41, 5.74) is -1.36. The van der Waals surface area contributed by atoms with E-state index in [0.29, 0.717) is 18.4 Å². The Labute approximate surface area is 283 Å². The Morgan fingerprint density at radius 2 is 1.94 bits per heavy atom. The molecule has 1 aromatic heterocycles. The zero-order valence-electron chi connectivity index (χ0n) is 26.2. The summed E-state index contributed by atoms with van der Waals surface area (Å²) in [4.78, 5) is 26.4. The molecular formula is C35H30ClF5N6O2. The summed E-state index contributed by atoms with van der Waals surface area (Å²) >= 11 is 6.32. The molecule has 3 aromatic carbocycles. The minimum absolute atomic E-state index is 0.00891. The SMILES string of the molecule is C=C(F)C(=O)N1CCN(c2nc(OC[C@@]34CCCN3C[C@H](F)C4)nc3c(F)c(-c4cccc5ccc(F)c(Cl)c45)c(F)cc23)C[C@@H]1CC#N. The first-order valence-corrected chi connectivity index (χ1v) is 16.2. The summed E-state index contributed by atoms with van der Waals surface area (Å²) in [6, 6.07) is 9.32. The van der Waals surface area contributed by atoms with E-state index in [1.54, 1.807) is 17.0 Å². The number of piperazine rings is 1. The van der Waals surface area contributed by atoms with Gasteiger partial charge < -0.3 is 14.5 Å². The molecule has 0 spiro atoms. The molecule has 1 amide bonds. The Kier molecular flexibility index (Phi) is 8.57. The molecule has 49 heavy (non-hydrogen) atoms. The minimum atomic E-state index is -1.17. The summed E-state index contributed by atoms with van der Waals surface area (Å²) in [6.07, 6.45) is 0.646. The third kappa shape index (κ3) is 5.70. The lowest BCUT2D eigenvalue weighted by atomic mass is 9.95. The van der Waals surface area contributed by atoms with E-state index in [0.717, 1.165) is 12.5 Å². The Morgan fingerprint density at radius 1 is 1.12 bits per heavy atom. The Bertz CT molecular complexity index is 2060. The van der Waals surface area contributed by atoms with Crippen LogP contribution in [0.3, 0.4) is 0 Å². The van der Waals surface area contributed by atoms with E-state index in [1.165, 1.54) is 23.1 Å². The van der Waals surface area contributed by atoms with Crippen LogP contribution in [0.25, 0.3) is 32.8 Å². The minimum Gasteiger partial charge on any atom is -0.461 e. The fraction of sp³-hybridized carbons (Fsp3) is 0.371. The second-order valence-corrected chi connectivity index (χ2v) is 13.1. The van der Waals surface area contributed by atoms with E-state index in [2.05, 4.69) is 16.5 Å². The number of benzene rings is 3. The number of anilines is 1. The number of ether oxygens (including phenoxy) is 1. The molecule has 3 atom stereocenters. The van der Waals surface area contributed by atoms with Crippen molar-refractivity contribution in [3.63, 3.8) is 0 Å². The quantitative estimate of drug-likeness (QED) is 0.154. The van der Waals surface area contributed by atoms with E-state index < -0.39 is 52.5 Å². The van der Waals surface area contributed by atoms with Crippen molar-refractivity contribution in [1.29, 1.82) is 5.26 Å². The number of aromatic nitrogens is 2. The monoisotopic (exact) mass is 696 g/mol. The van der Waals surface area contributed by atoms with Crippen LogP contribution in [-0.4, -0.2) is 82.8 Å². The van der Waals surface area contributed by atoms with Gasteiger partial charge in [-0.1, -0.05) is 42.4 Å². The van der Waals surface area contributed by atoms with Crippen molar-refractivity contribution >= 4 is 45.0 Å². The number of nitriles is 1. The van der Waals surface area contributed by atoms with E-state index in [-0.39, 0.29) is 84.3 Å². The van der Waals surface area contributed by atoms with Crippen LogP contribution in [0, 0.1) is 28.8 Å². The van der Waals surface area contributed by atoms with Crippen LogP contribution in [-0.2, 0) is 4.79 Å². The lowest BCUT2D eigenvalue weighted by Crippen LogP contribution is -2.55. The number of halogens is 6. The number of amides is 1. The van der Waals surface area contributed by atoms with Gasteiger partial charge in [-0.15, -0.1) is 0 Å². The number of hydrogen-bond acceptors (Lipinski definition) is 7. The molecule has 4 heterocycles. The van der Waals surface area contributed by atoms with Crippen molar-refractivity contribution in [2.45, 2.75) is 43.4 Å². The molecule has 14 heteroatoms. The molecule has 254 valence electrons. The molecule has 3 aliphatic heterocycles. The standard InChI is InChI=1S/C35H30ClF5N6O2/c1-19(37)33(48)47-13-12-45(17-22(47)8-10-42)32-24-14-26(40)28(23-5-2-4-20-6-7-25(39)29(36)27(20)23)30(41)31(24)43-34(44-32)49-18-35-9-3-11-46(35)16-21(38)15-35/h2,4-7,14,21-22H,1,3,8-9,11-13,15-18H2/t21-,22+,35+/m1/s1. The van der Waals surface area contributed by atoms with Crippen LogP contribution in [0.4, 0.5) is 27.8 Å². The van der Waals surface area contributed by atoms with E-state index in [4.69, 9.17) is 16.3 Å². The number of fused-ring (bicyclic) bond motifs is 3.